The summed E-state index contributed by atoms with van der Waals surface area (Å²) in [6.45, 7) is 0.198. The minimum absolute atomic E-state index is 0.104. The molecule has 2 rings (SSSR count). The van der Waals surface area contributed by atoms with Gasteiger partial charge in [-0.1, -0.05) is 23.7 Å². The van der Waals surface area contributed by atoms with Crippen molar-refractivity contribution in [3.63, 3.8) is 0 Å². The fourth-order valence-corrected chi connectivity index (χ4v) is 3.75. The predicted octanol–water partition coefficient (Wildman–Crippen LogP) is 3.37. The van der Waals surface area contributed by atoms with E-state index in [1.54, 1.807) is 0 Å². The molecule has 0 N–H and O–H groups in total. The number of nitrogens with zero attached hydrogens (tertiary/aromatic N) is 2. The largest absolute Gasteiger partial charge is 0.378 e. The Morgan fingerprint density at radius 1 is 1.04 bits per heavy atom. The van der Waals surface area contributed by atoms with Gasteiger partial charge in [-0.05, 0) is 35.9 Å². The minimum atomic E-state index is -3.79. The van der Waals surface area contributed by atoms with Crippen molar-refractivity contribution in [2.75, 3.05) is 26.0 Å². The number of sulfonamides is 1. The number of benzene rings is 2. The van der Waals surface area contributed by atoms with Crippen LogP contribution in [-0.2, 0) is 16.6 Å². The van der Waals surface area contributed by atoms with Crippen molar-refractivity contribution in [3.05, 3.63) is 58.9 Å². The molecule has 0 amide bonds. The molecule has 0 aromatic heterocycles. The topological polar surface area (TPSA) is 40.6 Å². The molecule has 0 unspecified atom stereocenters. The van der Waals surface area contributed by atoms with Crippen LogP contribution in [0.25, 0.3) is 0 Å². The monoisotopic (exact) mass is 356 g/mol. The molecule has 0 saturated carbocycles. The van der Waals surface area contributed by atoms with Crippen LogP contribution in [0.15, 0.2) is 47.4 Å². The fraction of sp³-hybridized carbons (Fsp3) is 0.250. The van der Waals surface area contributed by atoms with E-state index < -0.39 is 15.8 Å². The molecule has 2 aromatic carbocycles. The van der Waals surface area contributed by atoms with Crippen molar-refractivity contribution in [1.82, 2.24) is 4.31 Å². The summed E-state index contributed by atoms with van der Waals surface area (Å²) in [6, 6.07) is 10.8. The summed E-state index contributed by atoms with van der Waals surface area (Å²) in [7, 11) is 1.55. The summed E-state index contributed by atoms with van der Waals surface area (Å²) in [6.07, 6.45) is 0. The molecule has 4 nitrogen and oxygen atoms in total. The van der Waals surface area contributed by atoms with Gasteiger partial charge in [0.1, 0.15) is 10.7 Å². The maximum atomic E-state index is 13.1. The van der Waals surface area contributed by atoms with Crippen LogP contribution in [0.5, 0.6) is 0 Å². The van der Waals surface area contributed by atoms with Gasteiger partial charge in [0.2, 0.25) is 10.0 Å². The zero-order valence-corrected chi connectivity index (χ0v) is 14.7. The number of anilines is 1. The highest BCUT2D eigenvalue weighted by Gasteiger charge is 2.24. The second-order valence-corrected chi connectivity index (χ2v) is 7.82. The summed E-state index contributed by atoms with van der Waals surface area (Å²) in [5, 5.41) is -0.125. The minimum Gasteiger partial charge on any atom is -0.378 e. The fourth-order valence-electron chi connectivity index (χ4n) is 2.09. The van der Waals surface area contributed by atoms with Crippen LogP contribution in [0, 0.1) is 5.82 Å². The summed E-state index contributed by atoms with van der Waals surface area (Å²) in [5.41, 5.74) is 1.88. The molecule has 7 heteroatoms. The van der Waals surface area contributed by atoms with E-state index in [0.717, 1.165) is 23.4 Å². The lowest BCUT2D eigenvalue weighted by Crippen LogP contribution is -2.26. The van der Waals surface area contributed by atoms with E-state index in [2.05, 4.69) is 0 Å². The van der Waals surface area contributed by atoms with E-state index in [1.807, 2.05) is 43.3 Å². The summed E-state index contributed by atoms with van der Waals surface area (Å²) in [4.78, 5) is 1.86. The Morgan fingerprint density at radius 3 is 2.17 bits per heavy atom. The average Bonchev–Trinajstić information content (AvgIpc) is 2.47. The van der Waals surface area contributed by atoms with E-state index in [1.165, 1.54) is 17.4 Å². The SMILES string of the molecule is CN(C)c1ccc(CN(C)S(=O)(=O)c2ccc(F)cc2Cl)cc1. The molecule has 0 saturated heterocycles. The zero-order chi connectivity index (χ0) is 17.2. The van der Waals surface area contributed by atoms with E-state index in [0.29, 0.717) is 0 Å². The molecule has 0 radical (unpaired) electrons. The van der Waals surface area contributed by atoms with Gasteiger partial charge in [0.25, 0.3) is 0 Å². The van der Waals surface area contributed by atoms with Gasteiger partial charge in [-0.2, -0.15) is 4.31 Å². The summed E-state index contributed by atoms with van der Waals surface area (Å²) in [5.74, 6) is -0.573. The van der Waals surface area contributed by atoms with Crippen LogP contribution < -0.4 is 4.90 Å². The second kappa shape index (κ2) is 6.86. The van der Waals surface area contributed by atoms with Crippen molar-refractivity contribution in [2.45, 2.75) is 11.4 Å². The maximum Gasteiger partial charge on any atom is 0.244 e. The zero-order valence-electron chi connectivity index (χ0n) is 13.1. The first-order valence-electron chi connectivity index (χ1n) is 6.89. The van der Waals surface area contributed by atoms with E-state index in [9.17, 15) is 12.8 Å². The summed E-state index contributed by atoms with van der Waals surface area (Å²) >= 11 is 5.87. The van der Waals surface area contributed by atoms with Gasteiger partial charge in [0, 0.05) is 33.4 Å². The van der Waals surface area contributed by atoms with Crippen LogP contribution in [-0.4, -0.2) is 33.9 Å². The first kappa shape index (κ1) is 17.7. The Balaban J connectivity index is 2.23. The second-order valence-electron chi connectivity index (χ2n) is 5.40. The number of halogens is 2. The van der Waals surface area contributed by atoms with E-state index >= 15 is 0 Å². The van der Waals surface area contributed by atoms with Crippen molar-refractivity contribution >= 4 is 27.3 Å². The van der Waals surface area contributed by atoms with Crippen molar-refractivity contribution in [2.24, 2.45) is 0 Å². The third kappa shape index (κ3) is 4.02. The maximum absolute atomic E-state index is 13.1. The Labute approximate surface area is 141 Å². The Morgan fingerprint density at radius 2 is 1.65 bits per heavy atom. The lowest BCUT2D eigenvalue weighted by atomic mass is 10.2. The predicted molar refractivity (Wildman–Crippen MR) is 90.8 cm³/mol. The van der Waals surface area contributed by atoms with E-state index in [4.69, 9.17) is 11.6 Å². The molecular weight excluding hydrogens is 339 g/mol. The van der Waals surface area contributed by atoms with Gasteiger partial charge >= 0.3 is 0 Å². The van der Waals surface area contributed by atoms with Crippen molar-refractivity contribution < 1.29 is 12.8 Å². The van der Waals surface area contributed by atoms with Crippen LogP contribution in [0.2, 0.25) is 5.02 Å². The highest BCUT2D eigenvalue weighted by Crippen LogP contribution is 2.26. The summed E-state index contributed by atoms with van der Waals surface area (Å²) < 4.78 is 39.4. The van der Waals surface area contributed by atoms with Gasteiger partial charge in [-0.25, -0.2) is 12.8 Å². The molecule has 0 aliphatic carbocycles. The van der Waals surface area contributed by atoms with Gasteiger partial charge in [0.15, 0.2) is 0 Å². The smallest absolute Gasteiger partial charge is 0.244 e. The van der Waals surface area contributed by atoms with E-state index in [-0.39, 0.29) is 16.5 Å². The number of rotatable bonds is 5. The molecule has 0 aliphatic heterocycles. The lowest BCUT2D eigenvalue weighted by Gasteiger charge is -2.19. The third-order valence-electron chi connectivity index (χ3n) is 3.44. The van der Waals surface area contributed by atoms with Gasteiger partial charge in [-0.15, -0.1) is 0 Å². The van der Waals surface area contributed by atoms with Gasteiger partial charge in [-0.3, -0.25) is 0 Å². The first-order chi connectivity index (χ1) is 10.7. The Bertz CT molecular complexity index is 792. The highest BCUT2D eigenvalue weighted by molar-refractivity contribution is 7.89. The van der Waals surface area contributed by atoms with Crippen molar-refractivity contribution in [1.29, 1.82) is 0 Å². The molecule has 124 valence electrons. The van der Waals surface area contributed by atoms with Crippen LogP contribution >= 0.6 is 11.6 Å². The molecule has 0 heterocycles. The number of hydrogen-bond donors (Lipinski definition) is 0. The third-order valence-corrected chi connectivity index (χ3v) is 5.73. The highest BCUT2D eigenvalue weighted by atomic mass is 35.5. The Hall–Kier alpha value is -1.63. The van der Waals surface area contributed by atoms with Crippen LogP contribution in [0.4, 0.5) is 10.1 Å². The van der Waals surface area contributed by atoms with Gasteiger partial charge < -0.3 is 4.90 Å². The standard InChI is InChI=1S/C16H18ClFN2O2S/c1-19(2)14-7-4-12(5-8-14)11-20(3)23(21,22)16-9-6-13(18)10-15(16)17/h4-10H,11H2,1-3H3. The van der Waals surface area contributed by atoms with Gasteiger partial charge in [0.05, 0.1) is 5.02 Å². The molecule has 0 spiro atoms. The molecule has 0 fully saturated rings. The molecule has 0 aliphatic rings. The Kier molecular flexibility index (Phi) is 5.29. The molecule has 2 aromatic rings. The molecule has 0 bridgehead atoms. The van der Waals surface area contributed by atoms with Crippen LogP contribution in [0.3, 0.4) is 0 Å². The quantitative estimate of drug-likeness (QED) is 0.824. The van der Waals surface area contributed by atoms with Crippen LogP contribution in [0.1, 0.15) is 5.56 Å². The molecule has 0 atom stereocenters. The first-order valence-corrected chi connectivity index (χ1v) is 8.71. The number of hydrogen-bond acceptors (Lipinski definition) is 3. The average molecular weight is 357 g/mol. The normalized spacial score (nSPS) is 11.7. The molecular formula is C16H18ClFN2O2S. The van der Waals surface area contributed by atoms with Crippen molar-refractivity contribution in [3.8, 4) is 0 Å². The molecule has 23 heavy (non-hydrogen) atoms. The lowest BCUT2D eigenvalue weighted by molar-refractivity contribution is 0.466.